The van der Waals surface area contributed by atoms with Gasteiger partial charge in [-0.25, -0.2) is 0 Å². The second-order valence-corrected chi connectivity index (χ2v) is 4.09. The summed E-state index contributed by atoms with van der Waals surface area (Å²) in [6.07, 6.45) is -4.71. The lowest BCUT2D eigenvalue weighted by Gasteiger charge is -2.20. The lowest BCUT2D eigenvalue weighted by atomic mass is 10.1. The van der Waals surface area contributed by atoms with E-state index in [1.165, 1.54) is 12.1 Å². The SMILES string of the molecule is CC(C)(C#CCO)Oc1ccc(OC(F)(F)F)cc1. The van der Waals surface area contributed by atoms with Gasteiger partial charge in [0.05, 0.1) is 0 Å². The van der Waals surface area contributed by atoms with E-state index in [4.69, 9.17) is 9.84 Å². The minimum Gasteiger partial charge on any atom is -0.475 e. The quantitative estimate of drug-likeness (QED) is 0.861. The Labute approximate surface area is 109 Å². The van der Waals surface area contributed by atoms with Crippen LogP contribution in [0.25, 0.3) is 0 Å². The third kappa shape index (κ3) is 6.02. The van der Waals surface area contributed by atoms with E-state index in [0.717, 1.165) is 12.1 Å². The molecular weight excluding hydrogens is 261 g/mol. The number of hydrogen-bond donors (Lipinski definition) is 1. The van der Waals surface area contributed by atoms with Crippen LogP contribution in [0, 0.1) is 11.8 Å². The summed E-state index contributed by atoms with van der Waals surface area (Å²) in [5, 5.41) is 8.59. The third-order valence-corrected chi connectivity index (χ3v) is 1.90. The van der Waals surface area contributed by atoms with E-state index in [-0.39, 0.29) is 12.4 Å². The highest BCUT2D eigenvalue weighted by molar-refractivity contribution is 5.32. The Bertz CT molecular complexity index is 467. The Morgan fingerprint density at radius 3 is 1.95 bits per heavy atom. The summed E-state index contributed by atoms with van der Waals surface area (Å²) in [6, 6.07) is 5.00. The standard InChI is InChI=1S/C13H13F3O3/c1-12(2,8-3-9-17)18-10-4-6-11(7-5-10)19-13(14,15)16/h4-7,17H,9H2,1-2H3. The Morgan fingerprint density at radius 2 is 1.53 bits per heavy atom. The molecule has 1 rings (SSSR count). The summed E-state index contributed by atoms with van der Waals surface area (Å²) in [5.74, 6) is 5.17. The topological polar surface area (TPSA) is 38.7 Å². The van der Waals surface area contributed by atoms with E-state index in [2.05, 4.69) is 16.6 Å². The Balaban J connectivity index is 2.72. The molecule has 6 heteroatoms. The first-order valence-electron chi connectivity index (χ1n) is 5.37. The van der Waals surface area contributed by atoms with Crippen molar-refractivity contribution < 1.29 is 27.8 Å². The van der Waals surface area contributed by atoms with Crippen molar-refractivity contribution in [3.8, 4) is 23.3 Å². The van der Waals surface area contributed by atoms with E-state index < -0.39 is 12.0 Å². The first-order chi connectivity index (χ1) is 8.72. The first-order valence-corrected chi connectivity index (χ1v) is 5.37. The van der Waals surface area contributed by atoms with Crippen LogP contribution in [-0.4, -0.2) is 23.7 Å². The lowest BCUT2D eigenvalue weighted by Crippen LogP contribution is -2.26. The van der Waals surface area contributed by atoms with Gasteiger partial charge in [0, 0.05) is 0 Å². The third-order valence-electron chi connectivity index (χ3n) is 1.90. The molecule has 19 heavy (non-hydrogen) atoms. The summed E-state index contributed by atoms with van der Waals surface area (Å²) in [4.78, 5) is 0. The molecule has 0 saturated carbocycles. The minimum absolute atomic E-state index is 0.287. The molecule has 0 aromatic heterocycles. The van der Waals surface area contributed by atoms with Gasteiger partial charge in [0.1, 0.15) is 18.1 Å². The number of ether oxygens (including phenoxy) is 2. The van der Waals surface area contributed by atoms with Crippen molar-refractivity contribution in [3.63, 3.8) is 0 Å². The molecule has 1 aromatic rings. The highest BCUT2D eigenvalue weighted by Crippen LogP contribution is 2.26. The lowest BCUT2D eigenvalue weighted by molar-refractivity contribution is -0.274. The van der Waals surface area contributed by atoms with E-state index >= 15 is 0 Å². The maximum Gasteiger partial charge on any atom is 0.573 e. The molecule has 3 nitrogen and oxygen atoms in total. The molecule has 0 spiro atoms. The second-order valence-electron chi connectivity index (χ2n) is 4.09. The number of aliphatic hydroxyl groups is 1. The summed E-state index contributed by atoms with van der Waals surface area (Å²) in [6.45, 7) is 3.07. The Hall–Kier alpha value is -1.87. The highest BCUT2D eigenvalue weighted by Gasteiger charge is 2.31. The molecule has 0 aliphatic rings. The van der Waals surface area contributed by atoms with Gasteiger partial charge in [0.25, 0.3) is 0 Å². The maximum atomic E-state index is 12.0. The first kappa shape index (κ1) is 15.2. The van der Waals surface area contributed by atoms with Crippen molar-refractivity contribution in [1.29, 1.82) is 0 Å². The molecule has 0 saturated heterocycles. The highest BCUT2D eigenvalue weighted by atomic mass is 19.4. The number of benzene rings is 1. The van der Waals surface area contributed by atoms with Crippen molar-refractivity contribution in [3.05, 3.63) is 24.3 Å². The fourth-order valence-corrected chi connectivity index (χ4v) is 1.28. The van der Waals surface area contributed by atoms with Gasteiger partial charge in [-0.3, -0.25) is 0 Å². The fourth-order valence-electron chi connectivity index (χ4n) is 1.28. The van der Waals surface area contributed by atoms with Crippen LogP contribution in [0.3, 0.4) is 0 Å². The van der Waals surface area contributed by atoms with Crippen LogP contribution in [0.2, 0.25) is 0 Å². The zero-order valence-electron chi connectivity index (χ0n) is 10.4. The van der Waals surface area contributed by atoms with Crippen LogP contribution in [0.1, 0.15) is 13.8 Å². The normalized spacial score (nSPS) is 11.5. The van der Waals surface area contributed by atoms with Crippen molar-refractivity contribution >= 4 is 0 Å². The Morgan fingerprint density at radius 1 is 1.05 bits per heavy atom. The predicted molar refractivity (Wildman–Crippen MR) is 62.7 cm³/mol. The molecule has 0 aliphatic heterocycles. The number of alkyl halides is 3. The van der Waals surface area contributed by atoms with Gasteiger partial charge in [-0.15, -0.1) is 13.2 Å². The van der Waals surface area contributed by atoms with Crippen molar-refractivity contribution in [1.82, 2.24) is 0 Å². The monoisotopic (exact) mass is 274 g/mol. The zero-order chi connectivity index (χ0) is 14.5. The molecule has 104 valence electrons. The molecule has 0 aliphatic carbocycles. The molecule has 0 atom stereocenters. The molecule has 1 N–H and O–H groups in total. The molecule has 0 radical (unpaired) electrons. The molecular formula is C13H13F3O3. The van der Waals surface area contributed by atoms with Gasteiger partial charge in [0.2, 0.25) is 0 Å². The molecule has 0 heterocycles. The van der Waals surface area contributed by atoms with Crippen molar-refractivity contribution in [2.24, 2.45) is 0 Å². The Kier molecular flexibility index (Phi) is 4.67. The van der Waals surface area contributed by atoms with Gasteiger partial charge in [0.15, 0.2) is 5.60 Å². The number of hydrogen-bond acceptors (Lipinski definition) is 3. The van der Waals surface area contributed by atoms with E-state index in [1.54, 1.807) is 13.8 Å². The van der Waals surface area contributed by atoms with E-state index in [0.29, 0.717) is 5.75 Å². The molecule has 0 fully saturated rings. The number of rotatable bonds is 3. The summed E-state index contributed by atoms with van der Waals surface area (Å²) in [7, 11) is 0. The molecule has 1 aromatic carbocycles. The minimum atomic E-state index is -4.71. The van der Waals surface area contributed by atoms with Crippen LogP contribution in [0.15, 0.2) is 24.3 Å². The van der Waals surface area contributed by atoms with E-state index in [9.17, 15) is 13.2 Å². The van der Waals surface area contributed by atoms with Crippen molar-refractivity contribution in [2.75, 3.05) is 6.61 Å². The molecule has 0 bridgehead atoms. The predicted octanol–water partition coefficient (Wildman–Crippen LogP) is 2.74. The summed E-state index contributed by atoms with van der Waals surface area (Å²) >= 11 is 0. The smallest absolute Gasteiger partial charge is 0.475 e. The van der Waals surface area contributed by atoms with Crippen LogP contribution in [0.4, 0.5) is 13.2 Å². The van der Waals surface area contributed by atoms with Gasteiger partial charge in [-0.2, -0.15) is 0 Å². The fraction of sp³-hybridized carbons (Fsp3) is 0.385. The van der Waals surface area contributed by atoms with Crippen LogP contribution in [-0.2, 0) is 0 Å². The largest absolute Gasteiger partial charge is 0.573 e. The van der Waals surface area contributed by atoms with Crippen LogP contribution in [0.5, 0.6) is 11.5 Å². The van der Waals surface area contributed by atoms with Crippen molar-refractivity contribution in [2.45, 2.75) is 25.8 Å². The number of aliphatic hydroxyl groups excluding tert-OH is 1. The van der Waals surface area contributed by atoms with Gasteiger partial charge < -0.3 is 14.6 Å². The summed E-state index contributed by atoms with van der Waals surface area (Å²) < 4.78 is 45.1. The van der Waals surface area contributed by atoms with Gasteiger partial charge >= 0.3 is 6.36 Å². The average Bonchev–Trinajstić information content (AvgIpc) is 2.27. The van der Waals surface area contributed by atoms with Gasteiger partial charge in [-0.05, 0) is 38.1 Å². The van der Waals surface area contributed by atoms with Crippen LogP contribution < -0.4 is 9.47 Å². The molecule has 0 amide bonds. The maximum absolute atomic E-state index is 12.0. The van der Waals surface area contributed by atoms with E-state index in [1.807, 2.05) is 0 Å². The summed E-state index contributed by atoms with van der Waals surface area (Å²) in [5.41, 5.74) is -0.852. The average molecular weight is 274 g/mol. The van der Waals surface area contributed by atoms with Crippen LogP contribution >= 0.6 is 0 Å². The zero-order valence-corrected chi connectivity index (χ0v) is 10.4. The second kappa shape index (κ2) is 5.85. The molecule has 0 unspecified atom stereocenters. The van der Waals surface area contributed by atoms with Gasteiger partial charge in [-0.1, -0.05) is 11.8 Å². The number of halogens is 3.